The highest BCUT2D eigenvalue weighted by Crippen LogP contribution is 2.33. The number of hydrogen-bond donors (Lipinski definition) is 4. The smallest absolute Gasteiger partial charge is 0.339 e. The van der Waals surface area contributed by atoms with E-state index in [1.807, 2.05) is 13.8 Å². The van der Waals surface area contributed by atoms with Crippen molar-refractivity contribution in [2.45, 2.75) is 96.7 Å². The molecule has 1 aliphatic rings. The molecule has 1 aromatic rings. The molecule has 0 aliphatic carbocycles. The van der Waals surface area contributed by atoms with Gasteiger partial charge in [0.25, 0.3) is 5.91 Å². The van der Waals surface area contributed by atoms with Crippen LogP contribution in [0, 0.1) is 12.8 Å². The molecule has 8 nitrogen and oxygen atoms in total. The number of carbonyl (C=O) groups excluding carboxylic acids is 1. The van der Waals surface area contributed by atoms with Gasteiger partial charge in [-0.15, -0.1) is 6.58 Å². The van der Waals surface area contributed by atoms with Crippen LogP contribution in [-0.4, -0.2) is 58.8 Å². The van der Waals surface area contributed by atoms with Gasteiger partial charge in [0.05, 0.1) is 6.10 Å². The summed E-state index contributed by atoms with van der Waals surface area (Å²) in [6.07, 6.45) is 2.94. The van der Waals surface area contributed by atoms with Crippen molar-refractivity contribution in [1.29, 1.82) is 0 Å². The molecule has 1 saturated heterocycles. The fraction of sp³-hybridized carbons (Fsp3) is 0.586. The van der Waals surface area contributed by atoms with Crippen molar-refractivity contribution in [3.8, 4) is 5.75 Å². The first-order valence-electron chi connectivity index (χ1n) is 13.0. The first kappa shape index (κ1) is 30.5. The summed E-state index contributed by atoms with van der Waals surface area (Å²) in [5.74, 6) is -1.67. The molecule has 1 heterocycles. The highest BCUT2D eigenvalue weighted by Gasteiger charge is 2.36. The van der Waals surface area contributed by atoms with Gasteiger partial charge in [-0.05, 0) is 69.6 Å². The molecule has 1 aliphatic heterocycles. The number of carboxylic acids is 1. The number of unbranched alkanes of at least 4 members (excludes halogenated alkanes) is 2. The van der Waals surface area contributed by atoms with Gasteiger partial charge in [0, 0.05) is 13.0 Å². The number of carbonyl (C=O) groups is 2. The van der Waals surface area contributed by atoms with E-state index >= 15 is 0 Å². The second kappa shape index (κ2) is 14.3. The summed E-state index contributed by atoms with van der Waals surface area (Å²) in [5.41, 5.74) is 3.45. The maximum Gasteiger partial charge on any atom is 0.339 e. The first-order valence-corrected chi connectivity index (χ1v) is 13.0. The molecule has 1 fully saturated rings. The van der Waals surface area contributed by atoms with E-state index in [0.717, 1.165) is 42.4 Å². The molecule has 206 valence electrons. The van der Waals surface area contributed by atoms with E-state index in [0.29, 0.717) is 31.2 Å². The Morgan fingerprint density at radius 1 is 1.27 bits per heavy atom. The van der Waals surface area contributed by atoms with Crippen LogP contribution in [0.4, 0.5) is 0 Å². The quantitative estimate of drug-likeness (QED) is 0.161. The molecule has 1 aromatic carbocycles. The molecular weight excluding hydrogens is 474 g/mol. The van der Waals surface area contributed by atoms with Crippen molar-refractivity contribution in [1.82, 2.24) is 5.32 Å². The van der Waals surface area contributed by atoms with Crippen LogP contribution in [0.15, 0.2) is 36.4 Å². The van der Waals surface area contributed by atoms with Crippen LogP contribution >= 0.6 is 0 Å². The number of benzene rings is 1. The van der Waals surface area contributed by atoms with E-state index in [1.165, 1.54) is 13.2 Å². The lowest BCUT2D eigenvalue weighted by atomic mass is 9.85. The van der Waals surface area contributed by atoms with Crippen molar-refractivity contribution < 1.29 is 34.4 Å². The number of aromatic hydroxyl groups is 1. The standard InChI is InChI=1S/C29H43NO7/c1-17(2)12-14-23(32)27(33)30-28(36-6)25-16-19(4)20(5)24(37-25)11-9-7-8-10-21-18(3)13-15-22(31)26(21)29(34)35/h13,15,20,23-25,28,31-32H,1,4,7-12,14,16H2,2-3,5-6H3,(H,30,33)(H,34,35). The minimum Gasteiger partial charge on any atom is -0.507 e. The Hall–Kier alpha value is -2.68. The van der Waals surface area contributed by atoms with Gasteiger partial charge in [-0.3, -0.25) is 4.79 Å². The fourth-order valence-corrected chi connectivity index (χ4v) is 4.77. The fourth-order valence-electron chi connectivity index (χ4n) is 4.77. The van der Waals surface area contributed by atoms with Crippen molar-refractivity contribution in [2.75, 3.05) is 7.11 Å². The van der Waals surface area contributed by atoms with Crippen LogP contribution in [-0.2, 0) is 20.7 Å². The number of aryl methyl sites for hydroxylation is 1. The molecule has 0 saturated carbocycles. The van der Waals surface area contributed by atoms with E-state index in [9.17, 15) is 24.9 Å². The minimum absolute atomic E-state index is 0.0132. The topological polar surface area (TPSA) is 125 Å². The summed E-state index contributed by atoms with van der Waals surface area (Å²) in [5, 5.41) is 32.4. The molecule has 0 aromatic heterocycles. The Kier molecular flexibility index (Phi) is 11.8. The van der Waals surface area contributed by atoms with E-state index < -0.39 is 30.3 Å². The maximum atomic E-state index is 12.5. The Morgan fingerprint density at radius 3 is 2.59 bits per heavy atom. The first-order chi connectivity index (χ1) is 17.5. The molecule has 8 heteroatoms. The van der Waals surface area contributed by atoms with Crippen LogP contribution < -0.4 is 5.32 Å². The highest BCUT2D eigenvalue weighted by atomic mass is 16.6. The van der Waals surface area contributed by atoms with Gasteiger partial charge in [0.2, 0.25) is 0 Å². The number of aliphatic hydroxyl groups excluding tert-OH is 1. The second-order valence-corrected chi connectivity index (χ2v) is 10.2. The molecule has 5 atom stereocenters. The maximum absolute atomic E-state index is 12.5. The summed E-state index contributed by atoms with van der Waals surface area (Å²) in [7, 11) is 1.50. The van der Waals surface area contributed by atoms with E-state index in [2.05, 4.69) is 25.4 Å². The van der Waals surface area contributed by atoms with Gasteiger partial charge < -0.3 is 30.1 Å². The van der Waals surface area contributed by atoms with Crippen molar-refractivity contribution in [3.63, 3.8) is 0 Å². The zero-order valence-corrected chi connectivity index (χ0v) is 22.6. The lowest BCUT2D eigenvalue weighted by molar-refractivity contribution is -0.150. The highest BCUT2D eigenvalue weighted by molar-refractivity contribution is 5.93. The summed E-state index contributed by atoms with van der Waals surface area (Å²) in [6, 6.07) is 3.16. The number of ether oxygens (including phenoxy) is 2. The predicted octanol–water partition coefficient (Wildman–Crippen LogP) is 4.66. The number of aliphatic hydroxyl groups is 1. The number of carboxylic acid groups (broad SMARTS) is 1. The zero-order valence-electron chi connectivity index (χ0n) is 22.6. The van der Waals surface area contributed by atoms with E-state index in [-0.39, 0.29) is 23.3 Å². The Balaban J connectivity index is 1.91. The number of rotatable bonds is 14. The summed E-state index contributed by atoms with van der Waals surface area (Å²) < 4.78 is 11.9. The minimum atomic E-state index is -1.15. The molecule has 0 radical (unpaired) electrons. The van der Waals surface area contributed by atoms with Gasteiger partial charge in [-0.2, -0.15) is 0 Å². The zero-order chi connectivity index (χ0) is 27.7. The molecule has 37 heavy (non-hydrogen) atoms. The Morgan fingerprint density at radius 2 is 1.97 bits per heavy atom. The van der Waals surface area contributed by atoms with Crippen LogP contribution in [0.5, 0.6) is 5.75 Å². The van der Waals surface area contributed by atoms with E-state index in [4.69, 9.17) is 9.47 Å². The number of allylic oxidation sites excluding steroid dienone is 1. The molecule has 1 amide bonds. The molecule has 0 bridgehead atoms. The van der Waals surface area contributed by atoms with Crippen molar-refractivity contribution in [3.05, 3.63) is 53.1 Å². The molecule has 4 N–H and O–H groups in total. The van der Waals surface area contributed by atoms with Gasteiger partial charge in [0.15, 0.2) is 6.23 Å². The lowest BCUT2D eigenvalue weighted by Crippen LogP contribution is -2.52. The van der Waals surface area contributed by atoms with Crippen molar-refractivity contribution >= 4 is 11.9 Å². The second-order valence-electron chi connectivity index (χ2n) is 10.2. The Labute approximate surface area is 220 Å². The third kappa shape index (κ3) is 8.69. The Bertz CT molecular complexity index is 973. The van der Waals surface area contributed by atoms with Crippen LogP contribution in [0.3, 0.4) is 0 Å². The number of amides is 1. The molecular formula is C29H43NO7. The van der Waals surface area contributed by atoms with Gasteiger partial charge in [-0.25, -0.2) is 4.79 Å². The largest absolute Gasteiger partial charge is 0.507 e. The molecule has 0 spiro atoms. The normalized spacial score (nSPS) is 21.3. The number of methoxy groups -OCH3 is 1. The number of nitrogens with one attached hydrogen (secondary N) is 1. The number of hydrogen-bond acceptors (Lipinski definition) is 6. The summed E-state index contributed by atoms with van der Waals surface area (Å²) in [6.45, 7) is 13.8. The van der Waals surface area contributed by atoms with Gasteiger partial charge in [0.1, 0.15) is 23.5 Å². The van der Waals surface area contributed by atoms with Gasteiger partial charge >= 0.3 is 5.97 Å². The molecule has 5 unspecified atom stereocenters. The van der Waals surface area contributed by atoms with Crippen LogP contribution in [0.1, 0.15) is 80.3 Å². The molecule has 2 rings (SSSR count). The van der Waals surface area contributed by atoms with E-state index in [1.54, 1.807) is 6.07 Å². The van der Waals surface area contributed by atoms with Gasteiger partial charge in [-0.1, -0.05) is 43.6 Å². The number of aromatic carboxylic acids is 1. The summed E-state index contributed by atoms with van der Waals surface area (Å²) in [4.78, 5) is 24.1. The SMILES string of the molecule is C=C(C)CCC(O)C(=O)NC(OC)C1CC(=C)C(C)C(CCCCCc2c(C)ccc(O)c2C(=O)O)O1. The predicted molar refractivity (Wildman–Crippen MR) is 143 cm³/mol. The lowest BCUT2D eigenvalue weighted by Gasteiger charge is -2.39. The van der Waals surface area contributed by atoms with Crippen molar-refractivity contribution in [2.24, 2.45) is 5.92 Å². The average molecular weight is 518 g/mol. The van der Waals surface area contributed by atoms with Crippen LogP contribution in [0.2, 0.25) is 0 Å². The monoisotopic (exact) mass is 517 g/mol. The number of phenols is 1. The third-order valence-corrected chi connectivity index (χ3v) is 7.19. The summed E-state index contributed by atoms with van der Waals surface area (Å²) >= 11 is 0. The average Bonchev–Trinajstić information content (AvgIpc) is 2.84. The third-order valence-electron chi connectivity index (χ3n) is 7.19. The van der Waals surface area contributed by atoms with Crippen LogP contribution in [0.25, 0.3) is 0 Å².